The van der Waals surface area contributed by atoms with Crippen LogP contribution in [0.15, 0.2) is 24.3 Å². The van der Waals surface area contributed by atoms with Crippen LogP contribution in [0.5, 0.6) is 0 Å². The maximum Gasteiger partial charge on any atom is 0.326 e. The van der Waals surface area contributed by atoms with Crippen molar-refractivity contribution < 1.29 is 29.7 Å². The van der Waals surface area contributed by atoms with E-state index in [0.717, 1.165) is 44.9 Å². The number of aliphatic carboxylic acids is 2. The minimum absolute atomic E-state index is 0.183. The first-order valence-electron chi connectivity index (χ1n) is 11.5. The van der Waals surface area contributed by atoms with Gasteiger partial charge < -0.3 is 20.6 Å². The first-order valence-corrected chi connectivity index (χ1v) is 11.5. The fourth-order valence-electron chi connectivity index (χ4n) is 3.08. The van der Waals surface area contributed by atoms with Crippen LogP contribution in [-0.2, 0) is 14.4 Å². The molecule has 0 aromatic carbocycles. The third-order valence-electron chi connectivity index (χ3n) is 4.85. The van der Waals surface area contributed by atoms with E-state index in [0.29, 0.717) is 6.42 Å². The van der Waals surface area contributed by atoms with Gasteiger partial charge in [-0.1, -0.05) is 43.6 Å². The lowest BCUT2D eigenvalue weighted by Gasteiger charge is -2.11. The summed E-state index contributed by atoms with van der Waals surface area (Å²) in [6.07, 6.45) is 20.6. The normalized spacial score (nSPS) is 13.5. The molecule has 0 radical (unpaired) electrons. The van der Waals surface area contributed by atoms with Gasteiger partial charge in [0.1, 0.15) is 6.04 Å². The van der Waals surface area contributed by atoms with Crippen LogP contribution < -0.4 is 5.32 Å². The van der Waals surface area contributed by atoms with E-state index in [2.05, 4.69) is 23.5 Å². The zero-order valence-electron chi connectivity index (χ0n) is 18.9. The SMILES string of the molecule is C[C@H](O)CCC/C=C\CCCCCCC/C=C\CCCC(=O)N[C@@H](CC(=O)O)C(=O)O. The molecule has 0 spiro atoms. The largest absolute Gasteiger partial charge is 0.481 e. The highest BCUT2D eigenvalue weighted by Gasteiger charge is 2.22. The van der Waals surface area contributed by atoms with Crippen molar-refractivity contribution in [2.45, 2.75) is 109 Å². The van der Waals surface area contributed by atoms with E-state index in [1.54, 1.807) is 0 Å². The van der Waals surface area contributed by atoms with Gasteiger partial charge in [0, 0.05) is 6.42 Å². The molecule has 2 atom stereocenters. The number of aliphatic hydroxyl groups is 1. The van der Waals surface area contributed by atoms with E-state index in [-0.39, 0.29) is 12.5 Å². The van der Waals surface area contributed by atoms with Gasteiger partial charge in [-0.15, -0.1) is 0 Å². The Hall–Kier alpha value is -2.15. The highest BCUT2D eigenvalue weighted by Crippen LogP contribution is 2.09. The second-order valence-electron chi connectivity index (χ2n) is 8.02. The van der Waals surface area contributed by atoms with Crippen LogP contribution in [0.4, 0.5) is 0 Å². The third kappa shape index (κ3) is 20.9. The van der Waals surface area contributed by atoms with Gasteiger partial charge >= 0.3 is 11.9 Å². The molecule has 0 aliphatic carbocycles. The average Bonchev–Trinajstić information content (AvgIpc) is 2.69. The molecular weight excluding hydrogens is 398 g/mol. The highest BCUT2D eigenvalue weighted by atomic mass is 16.4. The first kappa shape index (κ1) is 28.9. The summed E-state index contributed by atoms with van der Waals surface area (Å²) in [4.78, 5) is 33.2. The molecule has 0 heterocycles. The van der Waals surface area contributed by atoms with Crippen LogP contribution in [0.3, 0.4) is 0 Å². The number of allylic oxidation sites excluding steroid dienone is 4. The van der Waals surface area contributed by atoms with Crippen LogP contribution in [-0.4, -0.2) is 45.3 Å². The lowest BCUT2D eigenvalue weighted by molar-refractivity contribution is -0.147. The van der Waals surface area contributed by atoms with Gasteiger partial charge in [0.15, 0.2) is 0 Å². The molecule has 0 bridgehead atoms. The van der Waals surface area contributed by atoms with E-state index in [1.807, 2.05) is 13.0 Å². The molecule has 0 saturated heterocycles. The zero-order valence-corrected chi connectivity index (χ0v) is 18.9. The van der Waals surface area contributed by atoms with Crippen LogP contribution in [0.2, 0.25) is 0 Å². The Morgan fingerprint density at radius 2 is 1.26 bits per heavy atom. The molecule has 0 aliphatic rings. The molecule has 0 unspecified atom stereocenters. The van der Waals surface area contributed by atoms with Crippen molar-refractivity contribution >= 4 is 17.8 Å². The Kier molecular flexibility index (Phi) is 18.4. The second kappa shape index (κ2) is 19.8. The third-order valence-corrected chi connectivity index (χ3v) is 4.85. The summed E-state index contributed by atoms with van der Waals surface area (Å²) < 4.78 is 0. The van der Waals surface area contributed by atoms with Gasteiger partial charge in [-0.3, -0.25) is 9.59 Å². The number of nitrogens with one attached hydrogen (secondary N) is 1. The van der Waals surface area contributed by atoms with Crippen LogP contribution in [0.1, 0.15) is 96.8 Å². The molecule has 0 saturated carbocycles. The Labute approximate surface area is 186 Å². The molecule has 4 N–H and O–H groups in total. The first-order chi connectivity index (χ1) is 14.8. The number of amides is 1. The lowest BCUT2D eigenvalue weighted by Crippen LogP contribution is -2.42. The van der Waals surface area contributed by atoms with E-state index >= 15 is 0 Å². The quantitative estimate of drug-likeness (QED) is 0.162. The van der Waals surface area contributed by atoms with Gasteiger partial charge in [0.25, 0.3) is 0 Å². The van der Waals surface area contributed by atoms with Crippen LogP contribution in [0.25, 0.3) is 0 Å². The van der Waals surface area contributed by atoms with E-state index in [1.165, 1.54) is 25.7 Å². The second-order valence-corrected chi connectivity index (χ2v) is 8.02. The molecule has 0 fully saturated rings. The Morgan fingerprint density at radius 1 is 0.774 bits per heavy atom. The average molecular weight is 440 g/mol. The molecular formula is C24H41NO6. The lowest BCUT2D eigenvalue weighted by atomic mass is 10.1. The molecule has 7 nitrogen and oxygen atoms in total. The van der Waals surface area contributed by atoms with Crippen molar-refractivity contribution in [3.8, 4) is 0 Å². The van der Waals surface area contributed by atoms with Gasteiger partial charge in [-0.2, -0.15) is 0 Å². The van der Waals surface area contributed by atoms with Gasteiger partial charge in [0.05, 0.1) is 12.5 Å². The Morgan fingerprint density at radius 3 is 1.74 bits per heavy atom. The minimum Gasteiger partial charge on any atom is -0.481 e. The summed E-state index contributed by atoms with van der Waals surface area (Å²) in [6.45, 7) is 1.83. The fourth-order valence-corrected chi connectivity index (χ4v) is 3.08. The summed E-state index contributed by atoms with van der Waals surface area (Å²) in [6, 6.07) is -1.38. The standard InChI is InChI=1S/C24H41NO6/c1-20(26)17-15-13-11-9-7-5-3-2-4-6-8-10-12-14-16-18-22(27)25-21(24(30)31)19-23(28)29/h9-12,20-21,26H,2-8,13-19H2,1H3,(H,25,27)(H,28,29)(H,30,31)/b11-9-,12-10-/t20-,21-/m0/s1. The monoisotopic (exact) mass is 439 g/mol. The fraction of sp³-hybridized carbons (Fsp3) is 0.708. The molecule has 31 heavy (non-hydrogen) atoms. The number of carbonyl (C=O) groups excluding carboxylic acids is 1. The Balaban J connectivity index is 3.53. The van der Waals surface area contributed by atoms with Gasteiger partial charge in [0.2, 0.25) is 5.91 Å². The molecule has 0 aliphatic heterocycles. The van der Waals surface area contributed by atoms with Crippen molar-refractivity contribution in [2.24, 2.45) is 0 Å². The molecule has 0 aromatic heterocycles. The number of carbonyl (C=O) groups is 3. The smallest absolute Gasteiger partial charge is 0.326 e. The van der Waals surface area contributed by atoms with Crippen molar-refractivity contribution in [1.29, 1.82) is 0 Å². The summed E-state index contributed by atoms with van der Waals surface area (Å²) in [5.41, 5.74) is 0. The predicted molar refractivity (Wildman–Crippen MR) is 122 cm³/mol. The Bertz CT molecular complexity index is 556. The number of rotatable bonds is 20. The number of carboxylic acids is 2. The molecule has 0 aromatic rings. The maximum absolute atomic E-state index is 11.7. The molecule has 178 valence electrons. The molecule has 0 rings (SSSR count). The van der Waals surface area contributed by atoms with Crippen molar-refractivity contribution in [3.63, 3.8) is 0 Å². The highest BCUT2D eigenvalue weighted by molar-refractivity contribution is 5.86. The summed E-state index contributed by atoms with van der Waals surface area (Å²) in [7, 11) is 0. The van der Waals surface area contributed by atoms with Gasteiger partial charge in [-0.25, -0.2) is 4.79 Å². The van der Waals surface area contributed by atoms with Gasteiger partial charge in [-0.05, 0) is 64.7 Å². The minimum atomic E-state index is -1.38. The number of aliphatic hydroxyl groups excluding tert-OH is 1. The molecule has 1 amide bonds. The number of hydrogen-bond donors (Lipinski definition) is 4. The van der Waals surface area contributed by atoms with Crippen molar-refractivity contribution in [1.82, 2.24) is 5.32 Å². The maximum atomic E-state index is 11.7. The van der Waals surface area contributed by atoms with Crippen molar-refractivity contribution in [3.05, 3.63) is 24.3 Å². The van der Waals surface area contributed by atoms with Crippen LogP contribution >= 0.6 is 0 Å². The molecule has 7 heteroatoms. The van der Waals surface area contributed by atoms with Crippen LogP contribution in [0, 0.1) is 0 Å². The zero-order chi connectivity index (χ0) is 23.3. The topological polar surface area (TPSA) is 124 Å². The number of hydrogen-bond acceptors (Lipinski definition) is 4. The van der Waals surface area contributed by atoms with E-state index in [9.17, 15) is 19.5 Å². The van der Waals surface area contributed by atoms with E-state index in [4.69, 9.17) is 10.2 Å². The summed E-state index contributed by atoms with van der Waals surface area (Å²) in [5.74, 6) is -3.03. The number of unbranched alkanes of at least 4 members (excludes halogenated alkanes) is 8. The van der Waals surface area contributed by atoms with E-state index < -0.39 is 30.3 Å². The summed E-state index contributed by atoms with van der Waals surface area (Å²) >= 11 is 0. The summed E-state index contributed by atoms with van der Waals surface area (Å²) in [5, 5.41) is 29.0. The predicted octanol–water partition coefficient (Wildman–Crippen LogP) is 4.60. The van der Waals surface area contributed by atoms with Crippen molar-refractivity contribution in [2.75, 3.05) is 0 Å². The number of carboxylic acid groups (broad SMARTS) is 2.